The summed E-state index contributed by atoms with van der Waals surface area (Å²) in [5, 5.41) is -0.209. The van der Waals surface area contributed by atoms with Gasteiger partial charge >= 0.3 is 5.97 Å². The van der Waals surface area contributed by atoms with E-state index in [0.717, 1.165) is 23.2 Å². The van der Waals surface area contributed by atoms with Crippen molar-refractivity contribution in [3.63, 3.8) is 0 Å². The average Bonchev–Trinajstić information content (AvgIpc) is 3.24. The summed E-state index contributed by atoms with van der Waals surface area (Å²) in [4.78, 5) is 30.1. The molecule has 1 unspecified atom stereocenters. The molecule has 35 heavy (non-hydrogen) atoms. The predicted octanol–water partition coefficient (Wildman–Crippen LogP) is 6.68. The van der Waals surface area contributed by atoms with Gasteiger partial charge in [0.2, 0.25) is 5.91 Å². The lowest BCUT2D eigenvalue weighted by molar-refractivity contribution is -0.115. The molecule has 1 atom stereocenters. The lowest BCUT2D eigenvalue weighted by Gasteiger charge is -2.26. The van der Waals surface area contributed by atoms with Gasteiger partial charge in [-0.1, -0.05) is 32.9 Å². The van der Waals surface area contributed by atoms with Crippen LogP contribution in [0.3, 0.4) is 0 Å². The summed E-state index contributed by atoms with van der Waals surface area (Å²) < 4.78 is 18.4. The number of anilines is 1. The van der Waals surface area contributed by atoms with Crippen molar-refractivity contribution in [2.24, 2.45) is 0 Å². The SMILES string of the molecule is CC(C)c1ccncc1.CCCOC(=O)c1ccc(N2C(=O)CSC2c2ccc(F)cc2)c(C)c1. The molecule has 1 fully saturated rings. The Morgan fingerprint density at radius 2 is 1.83 bits per heavy atom. The van der Waals surface area contributed by atoms with Crippen molar-refractivity contribution in [2.45, 2.75) is 45.4 Å². The van der Waals surface area contributed by atoms with Gasteiger partial charge in [0.05, 0.1) is 17.9 Å². The molecule has 0 N–H and O–H groups in total. The van der Waals surface area contributed by atoms with Crippen LogP contribution in [-0.2, 0) is 9.53 Å². The number of amides is 1. The molecule has 1 saturated heterocycles. The van der Waals surface area contributed by atoms with Crippen LogP contribution in [0, 0.1) is 12.7 Å². The molecule has 1 aliphatic heterocycles. The first-order valence-corrected chi connectivity index (χ1v) is 12.7. The number of hydrogen-bond acceptors (Lipinski definition) is 5. The summed E-state index contributed by atoms with van der Waals surface area (Å²) in [7, 11) is 0. The van der Waals surface area contributed by atoms with Gasteiger partial charge in [0.1, 0.15) is 11.2 Å². The van der Waals surface area contributed by atoms with Crippen LogP contribution in [0.15, 0.2) is 67.0 Å². The van der Waals surface area contributed by atoms with Gasteiger partial charge in [-0.25, -0.2) is 9.18 Å². The second-order valence-electron chi connectivity index (χ2n) is 8.55. The van der Waals surface area contributed by atoms with E-state index in [-0.39, 0.29) is 23.1 Å². The van der Waals surface area contributed by atoms with Crippen molar-refractivity contribution in [1.82, 2.24) is 4.98 Å². The largest absolute Gasteiger partial charge is 0.462 e. The van der Waals surface area contributed by atoms with E-state index in [1.54, 1.807) is 35.2 Å². The zero-order valence-corrected chi connectivity index (χ0v) is 21.3. The monoisotopic (exact) mass is 494 g/mol. The number of hydrogen-bond donors (Lipinski definition) is 0. The number of nitrogens with zero attached hydrogens (tertiary/aromatic N) is 2. The lowest BCUT2D eigenvalue weighted by Crippen LogP contribution is -2.28. The molecule has 2 heterocycles. The maximum Gasteiger partial charge on any atom is 0.338 e. The normalized spacial score (nSPS) is 15.1. The maximum atomic E-state index is 13.2. The number of ether oxygens (including phenoxy) is 1. The fourth-order valence-electron chi connectivity index (χ4n) is 3.64. The number of benzene rings is 2. The van der Waals surface area contributed by atoms with E-state index < -0.39 is 0 Å². The van der Waals surface area contributed by atoms with Crippen LogP contribution < -0.4 is 4.90 Å². The molecule has 2 aromatic carbocycles. The number of esters is 1. The first kappa shape index (κ1) is 26.4. The Kier molecular flexibility index (Phi) is 9.43. The Morgan fingerprint density at radius 1 is 1.14 bits per heavy atom. The molecule has 1 aliphatic rings. The second kappa shape index (κ2) is 12.5. The molecule has 3 aromatic rings. The van der Waals surface area contributed by atoms with Gasteiger partial charge in [-0.3, -0.25) is 14.7 Å². The van der Waals surface area contributed by atoms with Crippen molar-refractivity contribution in [1.29, 1.82) is 0 Å². The van der Waals surface area contributed by atoms with Gasteiger partial charge in [-0.2, -0.15) is 0 Å². The Morgan fingerprint density at radius 3 is 2.40 bits per heavy atom. The molecular weight excluding hydrogens is 463 g/mol. The highest BCUT2D eigenvalue weighted by molar-refractivity contribution is 8.00. The molecule has 1 aromatic heterocycles. The fraction of sp³-hybridized carbons (Fsp3) is 0.321. The van der Waals surface area contributed by atoms with Crippen LogP contribution in [0.5, 0.6) is 0 Å². The Hall–Kier alpha value is -3.19. The standard InChI is InChI=1S/C20H20FNO3S.C8H11N/c1-3-10-25-20(24)15-6-9-17(13(2)11-15)22-18(23)12-26-19(22)14-4-7-16(21)8-5-14;1-7(2)8-3-5-9-6-4-8/h4-9,11,19H,3,10,12H2,1-2H3;3-7H,1-2H3. The molecule has 184 valence electrons. The summed E-state index contributed by atoms with van der Waals surface area (Å²) >= 11 is 1.50. The van der Waals surface area contributed by atoms with E-state index in [2.05, 4.69) is 18.8 Å². The number of pyridine rings is 1. The fourth-order valence-corrected chi connectivity index (χ4v) is 4.81. The molecule has 5 nitrogen and oxygen atoms in total. The summed E-state index contributed by atoms with van der Waals surface area (Å²) in [5.41, 5.74) is 4.26. The number of aryl methyl sites for hydroxylation is 1. The van der Waals surface area contributed by atoms with Crippen LogP contribution in [0.25, 0.3) is 0 Å². The van der Waals surface area contributed by atoms with E-state index in [9.17, 15) is 14.0 Å². The van der Waals surface area contributed by atoms with Crippen LogP contribution in [0.2, 0.25) is 0 Å². The Labute approximate surface area is 210 Å². The molecule has 0 radical (unpaired) electrons. The summed E-state index contributed by atoms with van der Waals surface area (Å²) in [6.07, 6.45) is 4.42. The predicted molar refractivity (Wildman–Crippen MR) is 139 cm³/mol. The van der Waals surface area contributed by atoms with E-state index in [1.165, 1.54) is 29.5 Å². The van der Waals surface area contributed by atoms with Crippen LogP contribution >= 0.6 is 11.8 Å². The van der Waals surface area contributed by atoms with Crippen molar-refractivity contribution in [3.05, 3.63) is 95.1 Å². The number of thioether (sulfide) groups is 1. The number of halogens is 1. The van der Waals surface area contributed by atoms with E-state index in [1.807, 2.05) is 38.4 Å². The molecule has 1 amide bonds. The van der Waals surface area contributed by atoms with Gasteiger partial charge < -0.3 is 4.74 Å². The summed E-state index contributed by atoms with van der Waals surface area (Å²) in [6.45, 7) is 8.54. The van der Waals surface area contributed by atoms with Gasteiger partial charge in [0.15, 0.2) is 0 Å². The Bertz CT molecular complexity index is 1140. The van der Waals surface area contributed by atoms with Crippen LogP contribution in [-0.4, -0.2) is 29.2 Å². The highest BCUT2D eigenvalue weighted by Crippen LogP contribution is 2.42. The maximum absolute atomic E-state index is 13.2. The molecule has 0 saturated carbocycles. The van der Waals surface area contributed by atoms with Crippen molar-refractivity contribution >= 4 is 29.3 Å². The number of carbonyl (C=O) groups is 2. The number of rotatable bonds is 6. The molecular formula is C28H31FN2O3S. The van der Waals surface area contributed by atoms with Gasteiger partial charge in [-0.15, -0.1) is 11.8 Å². The first-order chi connectivity index (χ1) is 16.8. The van der Waals surface area contributed by atoms with Crippen molar-refractivity contribution in [2.75, 3.05) is 17.3 Å². The van der Waals surface area contributed by atoms with Crippen LogP contribution in [0.1, 0.15) is 65.5 Å². The van der Waals surface area contributed by atoms with Gasteiger partial charge in [0.25, 0.3) is 0 Å². The minimum Gasteiger partial charge on any atom is -0.462 e. The Balaban J connectivity index is 0.000000320. The van der Waals surface area contributed by atoms with Crippen molar-refractivity contribution < 1.29 is 18.7 Å². The van der Waals surface area contributed by atoms with Gasteiger partial charge in [-0.05, 0) is 78.4 Å². The number of carbonyl (C=O) groups excluding carboxylic acids is 2. The van der Waals surface area contributed by atoms with E-state index in [4.69, 9.17) is 4.74 Å². The highest BCUT2D eigenvalue weighted by Gasteiger charge is 2.35. The third-order valence-electron chi connectivity index (χ3n) is 5.53. The van der Waals surface area contributed by atoms with Crippen molar-refractivity contribution in [3.8, 4) is 0 Å². The van der Waals surface area contributed by atoms with E-state index >= 15 is 0 Å². The minimum atomic E-state index is -0.362. The molecule has 0 bridgehead atoms. The first-order valence-electron chi connectivity index (χ1n) is 11.7. The molecule has 0 aliphatic carbocycles. The molecule has 0 spiro atoms. The lowest BCUT2D eigenvalue weighted by atomic mass is 10.1. The third-order valence-corrected chi connectivity index (χ3v) is 6.74. The zero-order chi connectivity index (χ0) is 25.4. The number of aromatic nitrogens is 1. The molecule has 7 heteroatoms. The smallest absolute Gasteiger partial charge is 0.338 e. The average molecular weight is 495 g/mol. The van der Waals surface area contributed by atoms with E-state index in [0.29, 0.717) is 23.8 Å². The van der Waals surface area contributed by atoms with Crippen LogP contribution in [0.4, 0.5) is 10.1 Å². The second-order valence-corrected chi connectivity index (χ2v) is 9.62. The summed E-state index contributed by atoms with van der Waals surface area (Å²) in [6, 6.07) is 15.5. The quantitative estimate of drug-likeness (QED) is 0.358. The third kappa shape index (κ3) is 6.92. The molecule has 4 rings (SSSR count). The van der Waals surface area contributed by atoms with Gasteiger partial charge in [0, 0.05) is 18.1 Å². The zero-order valence-electron chi connectivity index (χ0n) is 20.5. The summed E-state index contributed by atoms with van der Waals surface area (Å²) in [5.74, 6) is 0.308. The minimum absolute atomic E-state index is 0.00580. The highest BCUT2D eigenvalue weighted by atomic mass is 32.2. The topological polar surface area (TPSA) is 59.5 Å².